The van der Waals surface area contributed by atoms with Crippen LogP contribution in [0.2, 0.25) is 0 Å². The largest absolute Gasteiger partial charge is 0.490 e. The highest BCUT2D eigenvalue weighted by atomic mass is 32.1. The third-order valence-electron chi connectivity index (χ3n) is 1.70. The minimum absolute atomic E-state index is 0.232. The Hall–Kier alpha value is -0.630. The quantitative estimate of drug-likeness (QED) is 0.704. The first-order chi connectivity index (χ1) is 5.86. The summed E-state index contributed by atoms with van der Waals surface area (Å²) in [5.41, 5.74) is 0. The van der Waals surface area contributed by atoms with Crippen molar-refractivity contribution in [3.63, 3.8) is 0 Å². The summed E-state index contributed by atoms with van der Waals surface area (Å²) in [5.74, 6) is 1.70. The van der Waals surface area contributed by atoms with E-state index in [2.05, 4.69) is 19.6 Å². The van der Waals surface area contributed by atoms with Gasteiger partial charge in [-0.15, -0.1) is 0 Å². The molecule has 1 rings (SSSR count). The van der Waals surface area contributed by atoms with Gasteiger partial charge in [0.25, 0.3) is 0 Å². The van der Waals surface area contributed by atoms with Gasteiger partial charge in [-0.3, -0.25) is 0 Å². The standard InChI is InChI=1S/C10H14OS/c1-2-9(8-12)11-10-6-4-3-5-7-10/h3-7,9,12H,2,8H2,1H3. The number of hydrogen-bond acceptors (Lipinski definition) is 2. The van der Waals surface area contributed by atoms with Crippen molar-refractivity contribution in [2.24, 2.45) is 0 Å². The Morgan fingerprint density at radius 1 is 1.33 bits per heavy atom. The number of thiol groups is 1. The Balaban J connectivity index is 2.51. The third kappa shape index (κ3) is 2.78. The summed E-state index contributed by atoms with van der Waals surface area (Å²) in [6, 6.07) is 9.86. The number of hydrogen-bond donors (Lipinski definition) is 1. The first-order valence-corrected chi connectivity index (χ1v) is 4.82. The number of rotatable bonds is 4. The van der Waals surface area contributed by atoms with Crippen LogP contribution in [0.5, 0.6) is 5.75 Å². The van der Waals surface area contributed by atoms with Gasteiger partial charge in [0.2, 0.25) is 0 Å². The van der Waals surface area contributed by atoms with Gasteiger partial charge < -0.3 is 4.74 Å². The molecule has 0 aliphatic carbocycles. The molecule has 0 N–H and O–H groups in total. The second-order valence-electron chi connectivity index (χ2n) is 2.64. The molecule has 0 aliphatic rings. The maximum atomic E-state index is 5.64. The van der Waals surface area contributed by atoms with Crippen LogP contribution >= 0.6 is 12.6 Å². The molecule has 12 heavy (non-hydrogen) atoms. The van der Waals surface area contributed by atoms with E-state index in [1.807, 2.05) is 30.3 Å². The first-order valence-electron chi connectivity index (χ1n) is 4.19. The Morgan fingerprint density at radius 3 is 2.50 bits per heavy atom. The molecule has 0 heterocycles. The predicted molar refractivity (Wildman–Crippen MR) is 55.0 cm³/mol. The molecule has 2 heteroatoms. The SMILES string of the molecule is CCC(CS)Oc1ccccc1. The normalized spacial score (nSPS) is 12.5. The van der Waals surface area contributed by atoms with Crippen molar-refractivity contribution in [3.05, 3.63) is 30.3 Å². The molecule has 0 radical (unpaired) electrons. The van der Waals surface area contributed by atoms with Gasteiger partial charge in [-0.2, -0.15) is 12.6 Å². The Kier molecular flexibility index (Phi) is 4.01. The molecule has 1 unspecified atom stereocenters. The van der Waals surface area contributed by atoms with Crippen molar-refractivity contribution in [1.29, 1.82) is 0 Å². The summed E-state index contributed by atoms with van der Waals surface area (Å²) in [5, 5.41) is 0. The van der Waals surface area contributed by atoms with Gasteiger partial charge >= 0.3 is 0 Å². The maximum Gasteiger partial charge on any atom is 0.119 e. The molecule has 1 aromatic carbocycles. The van der Waals surface area contributed by atoms with Crippen LogP contribution in [0.25, 0.3) is 0 Å². The Morgan fingerprint density at radius 2 is 2.00 bits per heavy atom. The monoisotopic (exact) mass is 182 g/mol. The summed E-state index contributed by atoms with van der Waals surface area (Å²) in [6.45, 7) is 2.10. The van der Waals surface area contributed by atoms with Crippen LogP contribution in [0.15, 0.2) is 30.3 Å². The summed E-state index contributed by atoms with van der Waals surface area (Å²) in [7, 11) is 0. The molecular weight excluding hydrogens is 168 g/mol. The van der Waals surface area contributed by atoms with Crippen molar-refractivity contribution in [2.75, 3.05) is 5.75 Å². The molecule has 0 saturated heterocycles. The van der Waals surface area contributed by atoms with Crippen molar-refractivity contribution in [1.82, 2.24) is 0 Å². The highest BCUT2D eigenvalue weighted by Crippen LogP contribution is 2.12. The fourth-order valence-corrected chi connectivity index (χ4v) is 1.27. The van der Waals surface area contributed by atoms with Crippen LogP contribution in [0.1, 0.15) is 13.3 Å². The van der Waals surface area contributed by atoms with Gasteiger partial charge in [-0.1, -0.05) is 25.1 Å². The van der Waals surface area contributed by atoms with Crippen LogP contribution in [0.4, 0.5) is 0 Å². The second-order valence-corrected chi connectivity index (χ2v) is 3.01. The molecule has 0 spiro atoms. The smallest absolute Gasteiger partial charge is 0.119 e. The van der Waals surface area contributed by atoms with E-state index >= 15 is 0 Å². The lowest BCUT2D eigenvalue weighted by molar-refractivity contribution is 0.222. The fraction of sp³-hybridized carbons (Fsp3) is 0.400. The summed E-state index contributed by atoms with van der Waals surface area (Å²) < 4.78 is 5.64. The van der Waals surface area contributed by atoms with E-state index in [0.717, 1.165) is 17.9 Å². The zero-order chi connectivity index (χ0) is 8.81. The van der Waals surface area contributed by atoms with E-state index in [9.17, 15) is 0 Å². The summed E-state index contributed by atoms with van der Waals surface area (Å²) >= 11 is 4.20. The van der Waals surface area contributed by atoms with Gasteiger partial charge in [-0.05, 0) is 18.6 Å². The summed E-state index contributed by atoms with van der Waals surface area (Å²) in [4.78, 5) is 0. The average Bonchev–Trinajstić information content (AvgIpc) is 2.16. The zero-order valence-corrected chi connectivity index (χ0v) is 8.13. The van der Waals surface area contributed by atoms with Crippen LogP contribution in [-0.4, -0.2) is 11.9 Å². The zero-order valence-electron chi connectivity index (χ0n) is 7.23. The molecule has 1 aromatic rings. The van der Waals surface area contributed by atoms with Gasteiger partial charge in [0.1, 0.15) is 11.9 Å². The Labute approximate surface area is 79.2 Å². The van der Waals surface area contributed by atoms with Crippen molar-refractivity contribution in [3.8, 4) is 5.75 Å². The molecule has 0 aromatic heterocycles. The van der Waals surface area contributed by atoms with Crippen LogP contribution in [0, 0.1) is 0 Å². The molecule has 1 atom stereocenters. The molecule has 0 bridgehead atoms. The lowest BCUT2D eigenvalue weighted by atomic mass is 10.3. The van der Waals surface area contributed by atoms with Gasteiger partial charge in [-0.25, -0.2) is 0 Å². The van der Waals surface area contributed by atoms with Crippen molar-refractivity contribution >= 4 is 12.6 Å². The van der Waals surface area contributed by atoms with Crippen LogP contribution in [0.3, 0.4) is 0 Å². The Bertz CT molecular complexity index is 206. The van der Waals surface area contributed by atoms with E-state index in [0.29, 0.717) is 0 Å². The van der Waals surface area contributed by atoms with Crippen LogP contribution < -0.4 is 4.74 Å². The summed E-state index contributed by atoms with van der Waals surface area (Å²) in [6.07, 6.45) is 1.23. The van der Waals surface area contributed by atoms with E-state index in [1.54, 1.807) is 0 Å². The van der Waals surface area contributed by atoms with E-state index < -0.39 is 0 Å². The fourth-order valence-electron chi connectivity index (χ4n) is 0.941. The maximum absolute atomic E-state index is 5.64. The lowest BCUT2D eigenvalue weighted by Crippen LogP contribution is -2.16. The molecule has 1 nitrogen and oxygen atoms in total. The van der Waals surface area contributed by atoms with Crippen LogP contribution in [-0.2, 0) is 0 Å². The molecule has 0 fully saturated rings. The van der Waals surface area contributed by atoms with Crippen molar-refractivity contribution in [2.45, 2.75) is 19.4 Å². The highest BCUT2D eigenvalue weighted by Gasteiger charge is 2.03. The molecule has 66 valence electrons. The minimum atomic E-state index is 0.232. The number of para-hydroxylation sites is 1. The highest BCUT2D eigenvalue weighted by molar-refractivity contribution is 7.80. The van der Waals surface area contributed by atoms with Gasteiger partial charge in [0, 0.05) is 5.75 Å². The molecule has 0 aliphatic heterocycles. The van der Waals surface area contributed by atoms with E-state index in [-0.39, 0.29) is 6.10 Å². The first kappa shape index (κ1) is 9.46. The predicted octanol–water partition coefficient (Wildman–Crippen LogP) is 2.77. The topological polar surface area (TPSA) is 9.23 Å². The number of benzene rings is 1. The molecular formula is C10H14OS. The lowest BCUT2D eigenvalue weighted by Gasteiger charge is -2.14. The van der Waals surface area contributed by atoms with E-state index in [1.165, 1.54) is 0 Å². The third-order valence-corrected chi connectivity index (χ3v) is 2.11. The van der Waals surface area contributed by atoms with Crippen molar-refractivity contribution < 1.29 is 4.74 Å². The van der Waals surface area contributed by atoms with E-state index in [4.69, 9.17) is 4.74 Å². The van der Waals surface area contributed by atoms with Gasteiger partial charge in [0.15, 0.2) is 0 Å². The average molecular weight is 182 g/mol. The minimum Gasteiger partial charge on any atom is -0.490 e. The van der Waals surface area contributed by atoms with Gasteiger partial charge in [0.05, 0.1) is 0 Å². The number of ether oxygens (including phenoxy) is 1. The molecule has 0 amide bonds. The molecule has 0 saturated carbocycles. The second kappa shape index (κ2) is 5.09.